The van der Waals surface area contributed by atoms with E-state index in [2.05, 4.69) is 65.7 Å². The minimum atomic E-state index is -0.747. The molecule has 0 aromatic heterocycles. The van der Waals surface area contributed by atoms with Crippen LogP contribution in [0.1, 0.15) is 60.8 Å². The predicted molar refractivity (Wildman–Crippen MR) is 134 cm³/mol. The maximum atomic E-state index is 13.9. The third-order valence-electron chi connectivity index (χ3n) is 8.49. The lowest BCUT2D eigenvalue weighted by Gasteiger charge is -2.47. The summed E-state index contributed by atoms with van der Waals surface area (Å²) in [5, 5.41) is 4.12. The van der Waals surface area contributed by atoms with Crippen LogP contribution < -0.4 is 5.32 Å². The van der Waals surface area contributed by atoms with Gasteiger partial charge in [0.1, 0.15) is 0 Å². The first-order valence-corrected chi connectivity index (χ1v) is 12.7. The minimum absolute atomic E-state index is 0.111. The van der Waals surface area contributed by atoms with E-state index in [1.165, 1.54) is 24.0 Å². The SMILES string of the molecule is CN1C(=O)C2(NC1=S)c1cc(C#CC3CC3)ccc1CC21CCC(Cc2ccccc2)CC1. The summed E-state index contributed by atoms with van der Waals surface area (Å²) >= 11 is 5.61. The molecule has 2 aromatic carbocycles. The Balaban J connectivity index is 1.34. The number of amides is 1. The Morgan fingerprint density at radius 1 is 1.09 bits per heavy atom. The van der Waals surface area contributed by atoms with Gasteiger partial charge in [-0.1, -0.05) is 48.2 Å². The van der Waals surface area contributed by atoms with Crippen LogP contribution in [0.4, 0.5) is 0 Å². The number of thiocarbonyl (C=S) groups is 1. The van der Waals surface area contributed by atoms with Gasteiger partial charge in [0.25, 0.3) is 5.91 Å². The van der Waals surface area contributed by atoms with Crippen molar-refractivity contribution in [2.75, 3.05) is 7.05 Å². The van der Waals surface area contributed by atoms with Crippen molar-refractivity contribution in [1.82, 2.24) is 10.2 Å². The average molecular weight is 455 g/mol. The van der Waals surface area contributed by atoms with Crippen molar-refractivity contribution in [3.8, 4) is 11.8 Å². The fourth-order valence-corrected chi connectivity index (χ4v) is 6.71. The molecule has 3 aliphatic carbocycles. The van der Waals surface area contributed by atoms with Gasteiger partial charge in [-0.15, -0.1) is 0 Å². The molecule has 4 aliphatic rings. The van der Waals surface area contributed by atoms with Crippen LogP contribution in [0.15, 0.2) is 48.5 Å². The monoisotopic (exact) mass is 454 g/mol. The number of likely N-dealkylation sites (N-methyl/N-ethyl adjacent to an activating group) is 1. The maximum Gasteiger partial charge on any atom is 0.259 e. The number of benzene rings is 2. The van der Waals surface area contributed by atoms with Crippen molar-refractivity contribution in [3.63, 3.8) is 0 Å². The molecule has 1 atom stereocenters. The second kappa shape index (κ2) is 7.71. The van der Waals surface area contributed by atoms with Crippen LogP contribution in [0.2, 0.25) is 0 Å². The average Bonchev–Trinajstić information content (AvgIpc) is 3.59. The molecule has 0 radical (unpaired) electrons. The molecule has 33 heavy (non-hydrogen) atoms. The van der Waals surface area contributed by atoms with E-state index in [0.29, 0.717) is 16.9 Å². The Bertz CT molecular complexity index is 1180. The number of carbonyl (C=O) groups is 1. The van der Waals surface area contributed by atoms with Gasteiger partial charge < -0.3 is 5.32 Å². The lowest BCUT2D eigenvalue weighted by atomic mass is 9.59. The molecule has 2 saturated carbocycles. The molecular formula is C29H30N2OS. The largest absolute Gasteiger partial charge is 0.344 e. The standard InChI is InChI=1S/C29H30N2OS/c1-31-26(32)29(30-27(31)33)25-18-22(10-9-20-7-8-20)11-12-24(25)19-28(29)15-13-23(14-16-28)17-21-5-3-2-4-6-21/h2-6,11-12,18,20,23H,7-8,13-17,19H2,1H3,(H,30,33). The van der Waals surface area contributed by atoms with Gasteiger partial charge in [0.15, 0.2) is 10.7 Å². The third kappa shape index (κ3) is 3.32. The first-order chi connectivity index (χ1) is 16.0. The Morgan fingerprint density at radius 2 is 1.85 bits per heavy atom. The molecule has 1 heterocycles. The van der Waals surface area contributed by atoms with Gasteiger partial charge in [-0.3, -0.25) is 9.69 Å². The van der Waals surface area contributed by atoms with Crippen LogP contribution in [0.5, 0.6) is 0 Å². The molecule has 3 nitrogen and oxygen atoms in total. The van der Waals surface area contributed by atoms with E-state index < -0.39 is 5.54 Å². The van der Waals surface area contributed by atoms with Crippen LogP contribution in [0, 0.1) is 29.1 Å². The molecule has 2 aromatic rings. The molecule has 4 heteroatoms. The number of nitrogens with one attached hydrogen (secondary N) is 1. The number of fused-ring (bicyclic) bond motifs is 3. The van der Waals surface area contributed by atoms with E-state index in [1.807, 2.05) is 7.05 Å². The lowest BCUT2D eigenvalue weighted by molar-refractivity contribution is -0.136. The Kier molecular flexibility index (Phi) is 4.89. The molecule has 2 spiro atoms. The van der Waals surface area contributed by atoms with Crippen LogP contribution >= 0.6 is 12.2 Å². The van der Waals surface area contributed by atoms with E-state index in [-0.39, 0.29) is 11.3 Å². The second-order valence-electron chi connectivity index (χ2n) is 10.6. The summed E-state index contributed by atoms with van der Waals surface area (Å²) in [4.78, 5) is 15.5. The first-order valence-electron chi connectivity index (χ1n) is 12.3. The van der Waals surface area contributed by atoms with Gasteiger partial charge in [0.05, 0.1) is 0 Å². The highest BCUT2D eigenvalue weighted by atomic mass is 32.1. The van der Waals surface area contributed by atoms with E-state index >= 15 is 0 Å². The molecular weight excluding hydrogens is 424 g/mol. The zero-order valence-corrected chi connectivity index (χ0v) is 20.0. The predicted octanol–water partition coefficient (Wildman–Crippen LogP) is 4.97. The quantitative estimate of drug-likeness (QED) is 0.514. The molecule has 6 rings (SSSR count). The maximum absolute atomic E-state index is 13.9. The van der Waals surface area contributed by atoms with E-state index in [4.69, 9.17) is 12.2 Å². The Hall–Kier alpha value is -2.64. The van der Waals surface area contributed by atoms with Crippen molar-refractivity contribution >= 4 is 23.2 Å². The summed E-state index contributed by atoms with van der Waals surface area (Å²) in [5.41, 5.74) is 3.96. The smallest absolute Gasteiger partial charge is 0.259 e. The van der Waals surface area contributed by atoms with Gasteiger partial charge in [0, 0.05) is 23.9 Å². The third-order valence-corrected chi connectivity index (χ3v) is 8.87. The summed E-state index contributed by atoms with van der Waals surface area (Å²) in [6.07, 6.45) is 8.86. The molecule has 1 aliphatic heterocycles. The summed E-state index contributed by atoms with van der Waals surface area (Å²) in [5.74, 6) is 8.09. The van der Waals surface area contributed by atoms with Crippen LogP contribution in [0.3, 0.4) is 0 Å². The van der Waals surface area contributed by atoms with Gasteiger partial charge >= 0.3 is 0 Å². The minimum Gasteiger partial charge on any atom is -0.344 e. The highest BCUT2D eigenvalue weighted by molar-refractivity contribution is 7.80. The van der Waals surface area contributed by atoms with E-state index in [9.17, 15) is 4.79 Å². The van der Waals surface area contributed by atoms with Gasteiger partial charge in [0.2, 0.25) is 0 Å². The van der Waals surface area contributed by atoms with Crippen LogP contribution in [-0.4, -0.2) is 23.0 Å². The van der Waals surface area contributed by atoms with Crippen molar-refractivity contribution < 1.29 is 4.79 Å². The molecule has 168 valence electrons. The number of hydrogen-bond donors (Lipinski definition) is 1. The van der Waals surface area contributed by atoms with Gasteiger partial charge in [-0.05, 0) is 98.3 Å². The number of carbonyl (C=O) groups excluding carboxylic acids is 1. The fraction of sp³-hybridized carbons (Fsp3) is 0.448. The van der Waals surface area contributed by atoms with Crippen LogP contribution in [0.25, 0.3) is 0 Å². The Morgan fingerprint density at radius 3 is 2.52 bits per heavy atom. The number of nitrogens with zero attached hydrogens (tertiary/aromatic N) is 1. The van der Waals surface area contributed by atoms with E-state index in [0.717, 1.165) is 49.7 Å². The van der Waals surface area contributed by atoms with Crippen molar-refractivity contribution in [1.29, 1.82) is 0 Å². The van der Waals surface area contributed by atoms with Crippen LogP contribution in [-0.2, 0) is 23.2 Å². The fourth-order valence-electron chi connectivity index (χ4n) is 6.47. The topological polar surface area (TPSA) is 32.3 Å². The number of hydrogen-bond acceptors (Lipinski definition) is 2. The summed E-state index contributed by atoms with van der Waals surface area (Å²) in [6.45, 7) is 0. The second-order valence-corrected chi connectivity index (χ2v) is 10.9. The normalized spacial score (nSPS) is 30.3. The molecule has 1 saturated heterocycles. The van der Waals surface area contributed by atoms with Gasteiger partial charge in [-0.25, -0.2) is 0 Å². The summed E-state index contributed by atoms with van der Waals surface area (Å²) in [6, 6.07) is 17.3. The molecule has 3 fully saturated rings. The molecule has 1 N–H and O–H groups in total. The lowest BCUT2D eigenvalue weighted by Crippen LogP contribution is -2.56. The van der Waals surface area contributed by atoms with Crippen molar-refractivity contribution in [2.45, 2.75) is 56.9 Å². The highest BCUT2D eigenvalue weighted by Crippen LogP contribution is 2.60. The summed E-state index contributed by atoms with van der Waals surface area (Å²) < 4.78 is 0. The van der Waals surface area contributed by atoms with Crippen molar-refractivity contribution in [2.24, 2.45) is 17.3 Å². The Labute approximate surface area is 201 Å². The van der Waals surface area contributed by atoms with E-state index in [1.54, 1.807) is 4.90 Å². The number of rotatable bonds is 2. The molecule has 1 unspecified atom stereocenters. The first kappa shape index (κ1) is 20.9. The molecule has 1 amide bonds. The summed E-state index contributed by atoms with van der Waals surface area (Å²) in [7, 11) is 1.82. The van der Waals surface area contributed by atoms with Gasteiger partial charge in [-0.2, -0.15) is 0 Å². The zero-order chi connectivity index (χ0) is 22.6. The molecule has 0 bridgehead atoms. The zero-order valence-electron chi connectivity index (χ0n) is 19.2. The highest BCUT2D eigenvalue weighted by Gasteiger charge is 2.66. The van der Waals surface area contributed by atoms with Crippen molar-refractivity contribution in [3.05, 3.63) is 70.8 Å².